The highest BCUT2D eigenvalue weighted by atomic mass is 79.9. The lowest BCUT2D eigenvalue weighted by Crippen LogP contribution is -2.36. The highest BCUT2D eigenvalue weighted by Crippen LogP contribution is 2.24. The van der Waals surface area contributed by atoms with Crippen LogP contribution in [0.1, 0.15) is 16.7 Å². The SMILES string of the molecule is Cc1cc(C)c(NC(=O)CNC(=O)COc2ccc3cc(Br)ccc3c2)c(C)c1. The summed E-state index contributed by atoms with van der Waals surface area (Å²) in [5, 5.41) is 7.55. The summed E-state index contributed by atoms with van der Waals surface area (Å²) in [5.74, 6) is -0.0246. The second-order valence-corrected chi connectivity index (χ2v) is 7.96. The Morgan fingerprint density at radius 1 is 0.897 bits per heavy atom. The van der Waals surface area contributed by atoms with Crippen LogP contribution in [0.4, 0.5) is 5.69 Å². The van der Waals surface area contributed by atoms with Crippen molar-refractivity contribution in [3.05, 3.63) is 69.7 Å². The summed E-state index contributed by atoms with van der Waals surface area (Å²) >= 11 is 3.44. The van der Waals surface area contributed by atoms with Gasteiger partial charge in [0.2, 0.25) is 5.91 Å². The molecule has 0 radical (unpaired) electrons. The van der Waals surface area contributed by atoms with Crippen LogP contribution in [0.2, 0.25) is 0 Å². The first-order valence-electron chi connectivity index (χ1n) is 9.28. The lowest BCUT2D eigenvalue weighted by atomic mass is 10.1. The molecular formula is C23H23BrN2O3. The fraction of sp³-hybridized carbons (Fsp3) is 0.217. The Morgan fingerprint density at radius 2 is 1.55 bits per heavy atom. The molecule has 0 atom stereocenters. The Labute approximate surface area is 178 Å². The maximum Gasteiger partial charge on any atom is 0.258 e. The number of hydrogen-bond acceptors (Lipinski definition) is 3. The summed E-state index contributed by atoms with van der Waals surface area (Å²) < 4.78 is 6.56. The van der Waals surface area contributed by atoms with Crippen LogP contribution in [0.5, 0.6) is 5.75 Å². The molecule has 0 aromatic heterocycles. The molecule has 0 bridgehead atoms. The number of aryl methyl sites for hydroxylation is 3. The van der Waals surface area contributed by atoms with Crippen molar-refractivity contribution in [3.63, 3.8) is 0 Å². The van der Waals surface area contributed by atoms with E-state index < -0.39 is 0 Å². The van der Waals surface area contributed by atoms with Crippen LogP contribution in [0.3, 0.4) is 0 Å². The molecule has 3 rings (SSSR count). The zero-order valence-electron chi connectivity index (χ0n) is 16.6. The summed E-state index contributed by atoms with van der Waals surface area (Å²) in [6.45, 7) is 5.65. The number of carbonyl (C=O) groups excluding carboxylic acids is 2. The van der Waals surface area contributed by atoms with Crippen LogP contribution in [0.15, 0.2) is 53.0 Å². The van der Waals surface area contributed by atoms with Crippen LogP contribution in [0.25, 0.3) is 10.8 Å². The van der Waals surface area contributed by atoms with Gasteiger partial charge in [-0.25, -0.2) is 0 Å². The number of anilines is 1. The van der Waals surface area contributed by atoms with Gasteiger partial charge in [0.1, 0.15) is 5.75 Å². The topological polar surface area (TPSA) is 67.4 Å². The van der Waals surface area contributed by atoms with E-state index in [1.54, 1.807) is 0 Å². The molecule has 0 fully saturated rings. The average molecular weight is 455 g/mol. The van der Waals surface area contributed by atoms with Crippen molar-refractivity contribution in [1.29, 1.82) is 0 Å². The van der Waals surface area contributed by atoms with E-state index in [9.17, 15) is 9.59 Å². The summed E-state index contributed by atoms with van der Waals surface area (Å²) in [6.07, 6.45) is 0. The fourth-order valence-corrected chi connectivity index (χ4v) is 3.60. The first kappa shape index (κ1) is 20.9. The predicted molar refractivity (Wildman–Crippen MR) is 119 cm³/mol. The smallest absolute Gasteiger partial charge is 0.258 e. The number of rotatable bonds is 6. The molecule has 2 amide bonds. The van der Waals surface area contributed by atoms with Crippen LogP contribution >= 0.6 is 15.9 Å². The van der Waals surface area contributed by atoms with Crippen molar-refractivity contribution < 1.29 is 14.3 Å². The summed E-state index contributed by atoms with van der Waals surface area (Å²) in [4.78, 5) is 24.2. The Kier molecular flexibility index (Phi) is 6.54. The Balaban J connectivity index is 1.50. The summed E-state index contributed by atoms with van der Waals surface area (Å²) in [6, 6.07) is 15.6. The van der Waals surface area contributed by atoms with Gasteiger partial charge in [-0.2, -0.15) is 0 Å². The number of hydrogen-bond donors (Lipinski definition) is 2. The molecule has 0 aliphatic carbocycles. The molecule has 0 aliphatic heterocycles. The molecule has 0 unspecified atom stereocenters. The second-order valence-electron chi connectivity index (χ2n) is 7.04. The molecule has 29 heavy (non-hydrogen) atoms. The third kappa shape index (κ3) is 5.57. The standard InChI is InChI=1S/C23H23BrN2O3/c1-14-8-15(2)23(16(3)9-14)26-21(27)12-25-22(28)13-29-20-7-5-17-10-19(24)6-4-18(17)11-20/h4-11H,12-13H2,1-3H3,(H,25,28)(H,26,27). The molecule has 2 N–H and O–H groups in total. The minimum absolute atomic E-state index is 0.110. The van der Waals surface area contributed by atoms with Gasteiger partial charge in [0.25, 0.3) is 5.91 Å². The molecule has 3 aromatic rings. The van der Waals surface area contributed by atoms with Gasteiger partial charge in [-0.3, -0.25) is 9.59 Å². The van der Waals surface area contributed by atoms with Gasteiger partial charge in [-0.1, -0.05) is 45.8 Å². The van der Waals surface area contributed by atoms with Crippen LogP contribution in [-0.4, -0.2) is 25.0 Å². The molecular weight excluding hydrogens is 432 g/mol. The number of amides is 2. The van der Waals surface area contributed by atoms with Crippen LogP contribution < -0.4 is 15.4 Å². The molecule has 6 heteroatoms. The largest absolute Gasteiger partial charge is 0.484 e. The van der Waals surface area contributed by atoms with Crippen molar-refractivity contribution in [2.24, 2.45) is 0 Å². The second kappa shape index (κ2) is 9.09. The number of fused-ring (bicyclic) bond motifs is 1. The van der Waals surface area contributed by atoms with E-state index in [2.05, 4.69) is 26.6 Å². The van der Waals surface area contributed by atoms with Crippen LogP contribution in [-0.2, 0) is 9.59 Å². The quantitative estimate of drug-likeness (QED) is 0.568. The highest BCUT2D eigenvalue weighted by Gasteiger charge is 2.10. The zero-order chi connectivity index (χ0) is 21.0. The number of carbonyl (C=O) groups is 2. The molecule has 0 saturated heterocycles. The highest BCUT2D eigenvalue weighted by molar-refractivity contribution is 9.10. The van der Waals surface area contributed by atoms with Crippen molar-refractivity contribution in [2.75, 3.05) is 18.5 Å². The monoisotopic (exact) mass is 454 g/mol. The Bertz CT molecular complexity index is 1060. The number of nitrogens with one attached hydrogen (secondary N) is 2. The van der Waals surface area contributed by atoms with E-state index in [-0.39, 0.29) is 25.0 Å². The lowest BCUT2D eigenvalue weighted by molar-refractivity contribution is -0.125. The Hall–Kier alpha value is -2.86. The summed E-state index contributed by atoms with van der Waals surface area (Å²) in [7, 11) is 0. The van der Waals surface area contributed by atoms with Crippen molar-refractivity contribution in [1.82, 2.24) is 5.32 Å². The molecule has 0 saturated carbocycles. The van der Waals surface area contributed by atoms with Gasteiger partial charge in [0.05, 0.1) is 6.54 Å². The van der Waals surface area contributed by atoms with Gasteiger partial charge in [-0.05, 0) is 66.9 Å². The minimum Gasteiger partial charge on any atom is -0.484 e. The number of ether oxygens (including phenoxy) is 1. The van der Waals surface area contributed by atoms with E-state index in [0.717, 1.165) is 37.6 Å². The molecule has 0 spiro atoms. The van der Waals surface area contributed by atoms with Crippen molar-refractivity contribution >= 4 is 44.2 Å². The van der Waals surface area contributed by atoms with Gasteiger partial charge in [-0.15, -0.1) is 0 Å². The molecule has 3 aromatic carbocycles. The Morgan fingerprint density at radius 3 is 2.28 bits per heavy atom. The van der Waals surface area contributed by atoms with E-state index in [4.69, 9.17) is 4.74 Å². The third-order valence-electron chi connectivity index (χ3n) is 4.53. The lowest BCUT2D eigenvalue weighted by Gasteiger charge is -2.13. The van der Waals surface area contributed by atoms with Gasteiger partial charge < -0.3 is 15.4 Å². The first-order chi connectivity index (χ1) is 13.8. The predicted octanol–water partition coefficient (Wildman–Crippen LogP) is 4.66. The maximum atomic E-state index is 12.2. The zero-order valence-corrected chi connectivity index (χ0v) is 18.2. The number of benzene rings is 3. The van der Waals surface area contributed by atoms with Gasteiger partial charge in [0, 0.05) is 10.2 Å². The average Bonchev–Trinajstić information content (AvgIpc) is 2.67. The normalized spacial score (nSPS) is 10.6. The van der Waals surface area contributed by atoms with Crippen LogP contribution in [0, 0.1) is 20.8 Å². The minimum atomic E-state index is -0.353. The van der Waals surface area contributed by atoms with E-state index in [1.807, 2.05) is 69.3 Å². The molecule has 0 aliphatic rings. The maximum absolute atomic E-state index is 12.2. The number of halogens is 1. The van der Waals surface area contributed by atoms with E-state index >= 15 is 0 Å². The molecule has 5 nitrogen and oxygen atoms in total. The van der Waals surface area contributed by atoms with E-state index in [0.29, 0.717) is 5.75 Å². The molecule has 150 valence electrons. The van der Waals surface area contributed by atoms with Crippen molar-refractivity contribution in [3.8, 4) is 5.75 Å². The van der Waals surface area contributed by atoms with Gasteiger partial charge >= 0.3 is 0 Å². The van der Waals surface area contributed by atoms with Gasteiger partial charge in [0.15, 0.2) is 6.61 Å². The fourth-order valence-electron chi connectivity index (χ4n) is 3.22. The van der Waals surface area contributed by atoms with Crippen molar-refractivity contribution in [2.45, 2.75) is 20.8 Å². The molecule has 0 heterocycles. The summed E-state index contributed by atoms with van der Waals surface area (Å²) in [5.41, 5.74) is 3.92. The first-order valence-corrected chi connectivity index (χ1v) is 10.1. The third-order valence-corrected chi connectivity index (χ3v) is 5.02. The van der Waals surface area contributed by atoms with E-state index in [1.165, 1.54) is 0 Å².